The first-order valence-corrected chi connectivity index (χ1v) is 8.37. The number of hydrogen-bond acceptors (Lipinski definition) is 4. The summed E-state index contributed by atoms with van der Waals surface area (Å²) in [7, 11) is 0. The monoisotopic (exact) mass is 335 g/mol. The molecule has 0 fully saturated rings. The number of esters is 1. The molecule has 1 N–H and O–H groups in total. The average molecular weight is 335 g/mol. The second-order valence-corrected chi connectivity index (χ2v) is 7.26. The third kappa shape index (κ3) is 8.56. The van der Waals surface area contributed by atoms with Crippen LogP contribution in [0.2, 0.25) is 0 Å². The Morgan fingerprint density at radius 2 is 1.71 bits per heavy atom. The summed E-state index contributed by atoms with van der Waals surface area (Å²) in [5, 5.41) is 2.63. The van der Waals surface area contributed by atoms with Gasteiger partial charge in [-0.2, -0.15) is 0 Å². The molecule has 1 amide bonds. The average Bonchev–Trinajstić information content (AvgIpc) is 2.48. The van der Waals surface area contributed by atoms with E-state index in [2.05, 4.69) is 19.2 Å². The van der Waals surface area contributed by atoms with Crippen LogP contribution in [0.1, 0.15) is 53.0 Å². The number of carbonyl (C=O) groups is 2. The molecule has 5 heteroatoms. The van der Waals surface area contributed by atoms with E-state index in [1.54, 1.807) is 20.8 Å². The zero-order valence-electron chi connectivity index (χ0n) is 15.3. The predicted octanol–water partition coefficient (Wildman–Crippen LogP) is 4.06. The molecule has 1 rings (SSSR count). The van der Waals surface area contributed by atoms with E-state index >= 15 is 0 Å². The quantitative estimate of drug-likeness (QED) is 0.763. The van der Waals surface area contributed by atoms with Crippen LogP contribution in [0.15, 0.2) is 30.3 Å². The fourth-order valence-corrected chi connectivity index (χ4v) is 2.03. The van der Waals surface area contributed by atoms with E-state index in [1.807, 2.05) is 30.3 Å². The van der Waals surface area contributed by atoms with Crippen LogP contribution in [0.25, 0.3) is 0 Å². The number of rotatable bonds is 7. The van der Waals surface area contributed by atoms with Gasteiger partial charge in [0.2, 0.25) is 0 Å². The smallest absolute Gasteiger partial charge is 0.408 e. The zero-order chi connectivity index (χ0) is 18.2. The van der Waals surface area contributed by atoms with E-state index in [4.69, 9.17) is 9.47 Å². The Morgan fingerprint density at radius 3 is 2.25 bits per heavy atom. The third-order valence-electron chi connectivity index (χ3n) is 3.23. The van der Waals surface area contributed by atoms with Crippen molar-refractivity contribution in [3.8, 4) is 0 Å². The van der Waals surface area contributed by atoms with Gasteiger partial charge in [-0.05, 0) is 45.1 Å². The Balaban J connectivity index is 2.58. The fraction of sp³-hybridized carbons (Fsp3) is 0.579. The summed E-state index contributed by atoms with van der Waals surface area (Å²) in [5.74, 6) is -0.00288. The van der Waals surface area contributed by atoms with Crippen molar-refractivity contribution in [2.45, 2.75) is 65.7 Å². The second kappa shape index (κ2) is 9.30. The van der Waals surface area contributed by atoms with Crippen LogP contribution in [-0.4, -0.2) is 23.7 Å². The maximum atomic E-state index is 12.3. The predicted molar refractivity (Wildman–Crippen MR) is 93.5 cm³/mol. The van der Waals surface area contributed by atoms with Gasteiger partial charge in [-0.15, -0.1) is 0 Å². The van der Waals surface area contributed by atoms with Crippen molar-refractivity contribution in [3.63, 3.8) is 0 Å². The SMILES string of the molecule is CC(C)CC[C@H](NC(=O)OCc1ccccc1)C(=O)OC(C)(C)C. The minimum Gasteiger partial charge on any atom is -0.458 e. The van der Waals surface area contributed by atoms with Crippen LogP contribution < -0.4 is 5.32 Å². The molecule has 0 spiro atoms. The molecule has 0 unspecified atom stereocenters. The summed E-state index contributed by atoms with van der Waals surface area (Å²) in [5.41, 5.74) is 0.298. The van der Waals surface area contributed by atoms with E-state index < -0.39 is 23.7 Å². The molecule has 0 bridgehead atoms. The van der Waals surface area contributed by atoms with Gasteiger partial charge in [0.25, 0.3) is 0 Å². The molecule has 5 nitrogen and oxygen atoms in total. The van der Waals surface area contributed by atoms with Crippen molar-refractivity contribution in [1.82, 2.24) is 5.32 Å². The van der Waals surface area contributed by atoms with E-state index in [9.17, 15) is 9.59 Å². The van der Waals surface area contributed by atoms with Crippen LogP contribution >= 0.6 is 0 Å². The molecule has 0 aromatic heterocycles. The molecule has 0 aliphatic rings. The van der Waals surface area contributed by atoms with E-state index in [0.717, 1.165) is 12.0 Å². The van der Waals surface area contributed by atoms with Crippen molar-refractivity contribution in [2.24, 2.45) is 5.92 Å². The van der Waals surface area contributed by atoms with Crippen molar-refractivity contribution in [1.29, 1.82) is 0 Å². The Labute approximate surface area is 144 Å². The van der Waals surface area contributed by atoms with Gasteiger partial charge in [0.05, 0.1) is 0 Å². The molecule has 1 aromatic carbocycles. The summed E-state index contributed by atoms with van der Waals surface area (Å²) in [6.45, 7) is 9.71. The van der Waals surface area contributed by atoms with E-state index in [-0.39, 0.29) is 6.61 Å². The van der Waals surface area contributed by atoms with Gasteiger partial charge in [-0.25, -0.2) is 9.59 Å². The first-order chi connectivity index (χ1) is 11.2. The lowest BCUT2D eigenvalue weighted by atomic mass is 10.0. The Bertz CT molecular complexity index is 520. The van der Waals surface area contributed by atoms with Crippen molar-refractivity contribution in [3.05, 3.63) is 35.9 Å². The maximum Gasteiger partial charge on any atom is 0.408 e. The van der Waals surface area contributed by atoms with Crippen LogP contribution in [0.5, 0.6) is 0 Å². The molecular weight excluding hydrogens is 306 g/mol. The molecular formula is C19H29NO4. The highest BCUT2D eigenvalue weighted by molar-refractivity contribution is 5.81. The minimum atomic E-state index is -0.699. The van der Waals surface area contributed by atoms with Gasteiger partial charge < -0.3 is 14.8 Å². The lowest BCUT2D eigenvalue weighted by Gasteiger charge is -2.24. The van der Waals surface area contributed by atoms with Crippen molar-refractivity contribution in [2.75, 3.05) is 0 Å². The highest BCUT2D eigenvalue weighted by Crippen LogP contribution is 2.13. The van der Waals surface area contributed by atoms with Gasteiger partial charge >= 0.3 is 12.1 Å². The summed E-state index contributed by atoms with van der Waals surface area (Å²) < 4.78 is 10.6. The summed E-state index contributed by atoms with van der Waals surface area (Å²) in [6.07, 6.45) is 0.717. The highest BCUT2D eigenvalue weighted by atomic mass is 16.6. The number of nitrogens with one attached hydrogen (secondary N) is 1. The molecule has 0 heterocycles. The van der Waals surface area contributed by atoms with Crippen LogP contribution in [-0.2, 0) is 20.9 Å². The molecule has 24 heavy (non-hydrogen) atoms. The summed E-state index contributed by atoms with van der Waals surface area (Å²) in [4.78, 5) is 24.3. The molecule has 1 atom stereocenters. The molecule has 0 aliphatic carbocycles. The molecule has 0 radical (unpaired) electrons. The minimum absolute atomic E-state index is 0.165. The maximum absolute atomic E-state index is 12.3. The standard InChI is InChI=1S/C19H29NO4/c1-14(2)11-12-16(17(21)24-19(3,4)5)20-18(22)23-13-15-9-7-6-8-10-15/h6-10,14,16H,11-13H2,1-5H3,(H,20,22)/t16-/m0/s1. The Morgan fingerprint density at radius 1 is 1.08 bits per heavy atom. The van der Waals surface area contributed by atoms with E-state index in [0.29, 0.717) is 12.3 Å². The highest BCUT2D eigenvalue weighted by Gasteiger charge is 2.27. The summed E-state index contributed by atoms with van der Waals surface area (Å²) >= 11 is 0. The number of hydrogen-bond donors (Lipinski definition) is 1. The molecule has 0 aliphatic heterocycles. The van der Waals surface area contributed by atoms with Crippen molar-refractivity contribution >= 4 is 12.1 Å². The molecule has 134 valence electrons. The van der Waals surface area contributed by atoms with Gasteiger partial charge in [0.15, 0.2) is 0 Å². The van der Waals surface area contributed by atoms with Crippen LogP contribution in [0.3, 0.4) is 0 Å². The molecule has 1 aromatic rings. The van der Waals surface area contributed by atoms with Gasteiger partial charge in [-0.3, -0.25) is 0 Å². The summed E-state index contributed by atoms with van der Waals surface area (Å²) in [6, 6.07) is 8.70. The van der Waals surface area contributed by atoms with Crippen LogP contribution in [0, 0.1) is 5.92 Å². The number of carbonyl (C=O) groups excluding carboxylic acids is 2. The molecule has 0 saturated heterocycles. The first-order valence-electron chi connectivity index (χ1n) is 8.37. The van der Waals surface area contributed by atoms with E-state index in [1.165, 1.54) is 0 Å². The lowest BCUT2D eigenvalue weighted by molar-refractivity contribution is -0.157. The van der Waals surface area contributed by atoms with Crippen LogP contribution in [0.4, 0.5) is 4.79 Å². The van der Waals surface area contributed by atoms with Gasteiger partial charge in [0.1, 0.15) is 18.2 Å². The first kappa shape index (κ1) is 20.0. The van der Waals surface area contributed by atoms with Gasteiger partial charge in [-0.1, -0.05) is 44.2 Å². The Kier molecular flexibility index (Phi) is 7.75. The third-order valence-corrected chi connectivity index (χ3v) is 3.23. The number of ether oxygens (including phenoxy) is 2. The largest absolute Gasteiger partial charge is 0.458 e. The Hall–Kier alpha value is -2.04. The normalized spacial score (nSPS) is 12.6. The fourth-order valence-electron chi connectivity index (χ4n) is 2.03. The number of benzene rings is 1. The zero-order valence-corrected chi connectivity index (χ0v) is 15.3. The molecule has 0 saturated carbocycles. The number of amides is 1. The van der Waals surface area contributed by atoms with Crippen molar-refractivity contribution < 1.29 is 19.1 Å². The second-order valence-electron chi connectivity index (χ2n) is 7.26. The topological polar surface area (TPSA) is 64.6 Å². The van der Waals surface area contributed by atoms with Gasteiger partial charge in [0, 0.05) is 0 Å². The number of alkyl carbamates (subject to hydrolysis) is 1. The lowest BCUT2D eigenvalue weighted by Crippen LogP contribution is -2.44.